The molecule has 0 spiro atoms. The molecule has 1 aromatic carbocycles. The number of benzene rings is 1. The molecule has 1 N–H and O–H groups in total. The second-order valence-corrected chi connectivity index (χ2v) is 4.77. The minimum absolute atomic E-state index is 0.646. The van der Waals surface area contributed by atoms with Crippen molar-refractivity contribution < 1.29 is 4.74 Å². The van der Waals surface area contributed by atoms with Crippen molar-refractivity contribution in [3.05, 3.63) is 40.9 Å². The summed E-state index contributed by atoms with van der Waals surface area (Å²) in [5, 5.41) is 4.38. The molecule has 0 aliphatic heterocycles. The minimum Gasteiger partial charge on any atom is -0.497 e. The van der Waals surface area contributed by atoms with Crippen molar-refractivity contribution in [2.24, 2.45) is 7.05 Å². The average molecular weight is 274 g/mol. The van der Waals surface area contributed by atoms with Crippen molar-refractivity contribution in [3.8, 4) is 5.75 Å². The Morgan fingerprint density at radius 2 is 2.21 bits per heavy atom. The number of rotatable bonds is 3. The van der Waals surface area contributed by atoms with Crippen molar-refractivity contribution in [1.29, 1.82) is 0 Å². The summed E-state index contributed by atoms with van der Waals surface area (Å²) in [6.45, 7) is 0.646. The van der Waals surface area contributed by atoms with Crippen LogP contribution in [-0.2, 0) is 13.6 Å². The van der Waals surface area contributed by atoms with Gasteiger partial charge >= 0.3 is 0 Å². The largest absolute Gasteiger partial charge is 0.497 e. The summed E-state index contributed by atoms with van der Waals surface area (Å²) in [4.78, 5) is 3.19. The second-order valence-electron chi connectivity index (χ2n) is 4.38. The van der Waals surface area contributed by atoms with E-state index in [9.17, 15) is 0 Å². The predicted molar refractivity (Wildman–Crippen MR) is 76.0 cm³/mol. The molecule has 98 valence electrons. The third-order valence-electron chi connectivity index (χ3n) is 3.07. The van der Waals surface area contributed by atoms with Gasteiger partial charge in [-0.2, -0.15) is 5.10 Å². The Kier molecular flexibility index (Phi) is 2.87. The number of imidazole rings is 1. The Balaban J connectivity index is 2.11. The summed E-state index contributed by atoms with van der Waals surface area (Å²) in [6, 6.07) is 7.85. The van der Waals surface area contributed by atoms with Crippen molar-refractivity contribution >= 4 is 23.3 Å². The van der Waals surface area contributed by atoms with Gasteiger partial charge in [0.2, 0.25) is 0 Å². The maximum Gasteiger partial charge on any atom is 0.178 e. The van der Waals surface area contributed by atoms with Crippen molar-refractivity contribution in [1.82, 2.24) is 19.3 Å². The lowest BCUT2D eigenvalue weighted by atomic mass is 10.3. The van der Waals surface area contributed by atoms with Crippen LogP contribution in [0.15, 0.2) is 30.5 Å². The number of fused-ring (bicyclic) bond motifs is 1. The number of hydrogen-bond acceptors (Lipinski definition) is 3. The number of aromatic nitrogens is 4. The molecule has 2 aromatic heterocycles. The number of methoxy groups -OCH3 is 1. The third-order valence-corrected chi connectivity index (χ3v) is 3.39. The maximum atomic E-state index is 5.37. The molecule has 0 amide bonds. The molecule has 0 aliphatic rings. The van der Waals surface area contributed by atoms with E-state index in [2.05, 4.69) is 10.1 Å². The minimum atomic E-state index is 0.646. The molecule has 3 aromatic rings. The van der Waals surface area contributed by atoms with E-state index in [4.69, 9.17) is 17.0 Å². The first kappa shape index (κ1) is 12.0. The molecule has 0 atom stereocenters. The van der Waals surface area contributed by atoms with Crippen LogP contribution >= 0.6 is 12.2 Å². The van der Waals surface area contributed by atoms with Gasteiger partial charge in [0.25, 0.3) is 0 Å². The number of hydrogen-bond donors (Lipinski definition) is 1. The fraction of sp³-hybridized carbons (Fsp3) is 0.231. The lowest BCUT2D eigenvalue weighted by Crippen LogP contribution is -2.01. The summed E-state index contributed by atoms with van der Waals surface area (Å²) in [7, 11) is 3.56. The molecule has 0 radical (unpaired) electrons. The van der Waals surface area contributed by atoms with Gasteiger partial charge in [-0.3, -0.25) is 4.68 Å². The Bertz CT molecular complexity index is 783. The second kappa shape index (κ2) is 4.55. The zero-order valence-electron chi connectivity index (χ0n) is 10.8. The van der Waals surface area contributed by atoms with Crippen LogP contribution in [0.25, 0.3) is 11.0 Å². The summed E-state index contributed by atoms with van der Waals surface area (Å²) in [5.74, 6) is 0.816. The Morgan fingerprint density at radius 3 is 2.89 bits per heavy atom. The normalized spacial score (nSPS) is 11.1. The fourth-order valence-corrected chi connectivity index (χ4v) is 2.40. The van der Waals surface area contributed by atoms with E-state index in [1.807, 2.05) is 42.1 Å². The van der Waals surface area contributed by atoms with E-state index in [0.29, 0.717) is 11.3 Å². The molecule has 2 heterocycles. The predicted octanol–water partition coefficient (Wildman–Crippen LogP) is 2.49. The third kappa shape index (κ3) is 2.15. The van der Waals surface area contributed by atoms with Crippen LogP contribution in [0.4, 0.5) is 0 Å². The summed E-state index contributed by atoms with van der Waals surface area (Å²) in [5.41, 5.74) is 3.00. The van der Waals surface area contributed by atoms with Gasteiger partial charge in [0, 0.05) is 19.3 Å². The molecule has 0 aliphatic carbocycles. The molecule has 0 bridgehead atoms. The molecule has 0 saturated carbocycles. The Labute approximate surface area is 115 Å². The van der Waals surface area contributed by atoms with Crippen LogP contribution in [0.3, 0.4) is 0 Å². The maximum absolute atomic E-state index is 5.37. The number of aryl methyl sites for hydroxylation is 1. The SMILES string of the molecule is COc1ccc2[nH]c(=S)n(Cc3ccn(C)n3)c2c1. The molecule has 0 saturated heterocycles. The number of nitrogens with one attached hydrogen (secondary N) is 1. The van der Waals surface area contributed by atoms with Crippen LogP contribution < -0.4 is 4.74 Å². The number of nitrogens with zero attached hydrogens (tertiary/aromatic N) is 3. The molecule has 3 rings (SSSR count). The highest BCUT2D eigenvalue weighted by atomic mass is 32.1. The smallest absolute Gasteiger partial charge is 0.178 e. The van der Waals surface area contributed by atoms with E-state index in [1.165, 1.54) is 0 Å². The van der Waals surface area contributed by atoms with Gasteiger partial charge in [0.15, 0.2) is 4.77 Å². The fourth-order valence-electron chi connectivity index (χ4n) is 2.13. The summed E-state index contributed by atoms with van der Waals surface area (Å²) >= 11 is 5.37. The molecule has 6 heteroatoms. The molecule has 0 unspecified atom stereocenters. The van der Waals surface area contributed by atoms with Crippen LogP contribution in [0, 0.1) is 4.77 Å². The van der Waals surface area contributed by atoms with Gasteiger partial charge in [0.1, 0.15) is 5.75 Å². The lowest BCUT2D eigenvalue weighted by Gasteiger charge is -2.04. The summed E-state index contributed by atoms with van der Waals surface area (Å²) in [6.07, 6.45) is 1.92. The van der Waals surface area contributed by atoms with Gasteiger partial charge in [-0.25, -0.2) is 0 Å². The van der Waals surface area contributed by atoms with Gasteiger partial charge in [0.05, 0.1) is 30.4 Å². The number of H-pyrrole nitrogens is 1. The van der Waals surface area contributed by atoms with Crippen LogP contribution in [0.1, 0.15) is 5.69 Å². The topological polar surface area (TPSA) is 47.8 Å². The van der Waals surface area contributed by atoms with E-state index < -0.39 is 0 Å². The van der Waals surface area contributed by atoms with Crippen LogP contribution in [-0.4, -0.2) is 26.4 Å². The van der Waals surface area contributed by atoms with Gasteiger partial charge in [-0.05, 0) is 30.4 Å². The average Bonchev–Trinajstić information content (AvgIpc) is 2.94. The van der Waals surface area contributed by atoms with Gasteiger partial charge in [-0.15, -0.1) is 0 Å². The standard InChI is InChI=1S/C13H14N4OS/c1-16-6-5-9(15-16)8-17-12-7-10(18-2)3-4-11(12)14-13(17)19/h3-7H,8H2,1-2H3,(H,14,19). The number of ether oxygens (including phenoxy) is 1. The van der Waals surface area contributed by atoms with Gasteiger partial charge in [-0.1, -0.05) is 0 Å². The lowest BCUT2D eigenvalue weighted by molar-refractivity contribution is 0.415. The summed E-state index contributed by atoms with van der Waals surface area (Å²) < 4.78 is 9.76. The monoisotopic (exact) mass is 274 g/mol. The van der Waals surface area contributed by atoms with Crippen molar-refractivity contribution in [3.63, 3.8) is 0 Å². The molecule has 19 heavy (non-hydrogen) atoms. The Morgan fingerprint density at radius 1 is 1.37 bits per heavy atom. The van der Waals surface area contributed by atoms with E-state index in [1.54, 1.807) is 11.8 Å². The molecule has 0 fully saturated rings. The van der Waals surface area contributed by atoms with Crippen molar-refractivity contribution in [2.45, 2.75) is 6.54 Å². The highest BCUT2D eigenvalue weighted by Crippen LogP contribution is 2.21. The Hall–Kier alpha value is -2.08. The van der Waals surface area contributed by atoms with E-state index >= 15 is 0 Å². The molecular formula is C13H14N4OS. The highest BCUT2D eigenvalue weighted by Gasteiger charge is 2.07. The first-order valence-corrected chi connectivity index (χ1v) is 6.33. The zero-order chi connectivity index (χ0) is 13.4. The highest BCUT2D eigenvalue weighted by molar-refractivity contribution is 7.71. The van der Waals surface area contributed by atoms with E-state index in [0.717, 1.165) is 22.5 Å². The van der Waals surface area contributed by atoms with Gasteiger partial charge < -0.3 is 14.3 Å². The quantitative estimate of drug-likeness (QED) is 0.746. The molecular weight excluding hydrogens is 260 g/mol. The van der Waals surface area contributed by atoms with Crippen molar-refractivity contribution in [2.75, 3.05) is 7.11 Å². The molecule has 5 nitrogen and oxygen atoms in total. The first-order valence-electron chi connectivity index (χ1n) is 5.92. The van der Waals surface area contributed by atoms with Crippen LogP contribution in [0.2, 0.25) is 0 Å². The van der Waals surface area contributed by atoms with Crippen LogP contribution in [0.5, 0.6) is 5.75 Å². The van der Waals surface area contributed by atoms with E-state index in [-0.39, 0.29) is 0 Å². The zero-order valence-corrected chi connectivity index (χ0v) is 11.6. The first-order chi connectivity index (χ1) is 9.17. The number of aromatic amines is 1.